The van der Waals surface area contributed by atoms with Crippen LogP contribution in [0.15, 0.2) is 0 Å². The Morgan fingerprint density at radius 2 is 2.13 bits per heavy atom. The molecule has 0 amide bonds. The minimum atomic E-state index is -1.02. The Morgan fingerprint density at radius 3 is 2.67 bits per heavy atom. The van der Waals surface area contributed by atoms with Crippen LogP contribution in [0, 0.1) is 0 Å². The second-order valence-electron chi connectivity index (χ2n) is 3.72. The molecular weight excluding hydrogens is 204 g/mol. The molecule has 2 fully saturated rings. The molecule has 2 saturated heterocycles. The maximum absolute atomic E-state index is 10.6. The first-order chi connectivity index (χ1) is 7.20. The summed E-state index contributed by atoms with van der Waals surface area (Å²) in [5, 5.41) is 17.6. The Labute approximate surface area is 86.7 Å². The topological polar surface area (TPSA) is 85.2 Å². The summed E-state index contributed by atoms with van der Waals surface area (Å²) in [7, 11) is 0. The van der Waals surface area contributed by atoms with Crippen molar-refractivity contribution in [2.24, 2.45) is 0 Å². The van der Waals surface area contributed by atoms with Crippen LogP contribution in [0.25, 0.3) is 0 Å². The van der Waals surface area contributed by atoms with Gasteiger partial charge >= 0.3 is 5.97 Å². The van der Waals surface area contributed by atoms with E-state index in [0.717, 1.165) is 12.8 Å². The highest BCUT2D eigenvalue weighted by molar-refractivity contribution is 5.72. The number of carboxylic acids is 1. The first-order valence-electron chi connectivity index (χ1n) is 4.97. The quantitative estimate of drug-likeness (QED) is 0.655. The second kappa shape index (κ2) is 4.44. The molecule has 2 heterocycles. The lowest BCUT2D eigenvalue weighted by atomic mass is 10.2. The van der Waals surface area contributed by atoms with Crippen LogP contribution in [0.2, 0.25) is 0 Å². The second-order valence-corrected chi connectivity index (χ2v) is 3.72. The molecule has 86 valence electrons. The number of aliphatic carboxylic acids is 1. The fourth-order valence-electron chi connectivity index (χ4n) is 1.82. The number of aliphatic hydroxyl groups excluding tert-OH is 1. The molecule has 2 aliphatic rings. The van der Waals surface area contributed by atoms with Gasteiger partial charge in [0.05, 0.1) is 19.3 Å². The van der Waals surface area contributed by atoms with Crippen LogP contribution in [0.1, 0.15) is 12.8 Å². The third kappa shape index (κ3) is 2.28. The molecule has 0 saturated carbocycles. The van der Waals surface area contributed by atoms with Crippen LogP contribution in [0.5, 0.6) is 0 Å². The van der Waals surface area contributed by atoms with E-state index < -0.39 is 18.4 Å². The summed E-state index contributed by atoms with van der Waals surface area (Å²) >= 11 is 0. The normalized spacial score (nSPS) is 40.9. The molecule has 4 atom stereocenters. The van der Waals surface area contributed by atoms with E-state index in [1.54, 1.807) is 0 Å². The first kappa shape index (κ1) is 10.8. The molecule has 0 bridgehead atoms. The van der Waals surface area contributed by atoms with Crippen LogP contribution >= 0.6 is 0 Å². The number of hydrogen-bond acceptors (Lipinski definition) is 5. The highest BCUT2D eigenvalue weighted by Crippen LogP contribution is 2.27. The van der Waals surface area contributed by atoms with Crippen LogP contribution < -0.4 is 0 Å². The molecule has 0 aromatic rings. The SMILES string of the molecule is O=C(O)C1COC(C2CCC(CO)O2)O1. The van der Waals surface area contributed by atoms with Crippen LogP contribution in [0.3, 0.4) is 0 Å². The van der Waals surface area contributed by atoms with E-state index in [1.165, 1.54) is 0 Å². The molecule has 6 heteroatoms. The van der Waals surface area contributed by atoms with E-state index in [1.807, 2.05) is 0 Å². The predicted molar refractivity (Wildman–Crippen MR) is 47.2 cm³/mol. The van der Waals surface area contributed by atoms with Crippen LogP contribution in [-0.4, -0.2) is 54.0 Å². The van der Waals surface area contributed by atoms with E-state index in [9.17, 15) is 4.79 Å². The van der Waals surface area contributed by atoms with Crippen molar-refractivity contribution in [3.8, 4) is 0 Å². The van der Waals surface area contributed by atoms with E-state index in [2.05, 4.69) is 0 Å². The predicted octanol–water partition coefficient (Wildman–Crippen LogP) is -0.648. The minimum absolute atomic E-state index is 0.0222. The van der Waals surface area contributed by atoms with Gasteiger partial charge in [-0.1, -0.05) is 0 Å². The van der Waals surface area contributed by atoms with Crippen molar-refractivity contribution in [1.29, 1.82) is 0 Å². The van der Waals surface area contributed by atoms with Crippen molar-refractivity contribution in [2.75, 3.05) is 13.2 Å². The van der Waals surface area contributed by atoms with Gasteiger partial charge < -0.3 is 24.4 Å². The smallest absolute Gasteiger partial charge is 0.335 e. The Bertz CT molecular complexity index is 243. The summed E-state index contributed by atoms with van der Waals surface area (Å²) in [6, 6.07) is 0. The number of carboxylic acid groups (broad SMARTS) is 1. The molecule has 2 rings (SSSR count). The number of carbonyl (C=O) groups is 1. The van der Waals surface area contributed by atoms with Gasteiger partial charge in [0.25, 0.3) is 0 Å². The minimum Gasteiger partial charge on any atom is -0.479 e. The van der Waals surface area contributed by atoms with Crippen molar-refractivity contribution in [3.05, 3.63) is 0 Å². The molecule has 4 unspecified atom stereocenters. The summed E-state index contributed by atoms with van der Waals surface area (Å²) in [4.78, 5) is 10.6. The van der Waals surface area contributed by atoms with Crippen LogP contribution in [-0.2, 0) is 19.0 Å². The number of ether oxygens (including phenoxy) is 3. The molecule has 15 heavy (non-hydrogen) atoms. The molecule has 2 N–H and O–H groups in total. The van der Waals surface area contributed by atoms with Crippen molar-refractivity contribution in [3.63, 3.8) is 0 Å². The summed E-state index contributed by atoms with van der Waals surface area (Å²) in [6.45, 7) is 0.0369. The molecule has 0 aromatic carbocycles. The molecular formula is C9H14O6. The fourth-order valence-corrected chi connectivity index (χ4v) is 1.82. The Morgan fingerprint density at radius 1 is 1.33 bits per heavy atom. The van der Waals surface area contributed by atoms with Gasteiger partial charge in [0.15, 0.2) is 12.4 Å². The Hall–Kier alpha value is -0.690. The van der Waals surface area contributed by atoms with Gasteiger partial charge in [0.1, 0.15) is 6.10 Å². The highest BCUT2D eigenvalue weighted by atomic mass is 16.7. The Kier molecular flexibility index (Phi) is 3.20. The molecule has 6 nitrogen and oxygen atoms in total. The summed E-state index contributed by atoms with van der Waals surface area (Å²) < 4.78 is 15.8. The molecule has 0 spiro atoms. The van der Waals surface area contributed by atoms with E-state index >= 15 is 0 Å². The monoisotopic (exact) mass is 218 g/mol. The van der Waals surface area contributed by atoms with Gasteiger partial charge in [-0.05, 0) is 12.8 Å². The lowest BCUT2D eigenvalue weighted by Crippen LogP contribution is -2.30. The van der Waals surface area contributed by atoms with Crippen LogP contribution in [0.4, 0.5) is 0 Å². The van der Waals surface area contributed by atoms with Gasteiger partial charge in [0, 0.05) is 0 Å². The van der Waals surface area contributed by atoms with Crippen molar-refractivity contribution in [1.82, 2.24) is 0 Å². The van der Waals surface area contributed by atoms with Gasteiger partial charge in [-0.25, -0.2) is 4.79 Å². The van der Waals surface area contributed by atoms with Crippen molar-refractivity contribution in [2.45, 2.75) is 37.4 Å². The highest BCUT2D eigenvalue weighted by Gasteiger charge is 2.40. The van der Waals surface area contributed by atoms with E-state index in [4.69, 9.17) is 24.4 Å². The zero-order valence-corrected chi connectivity index (χ0v) is 8.17. The average molecular weight is 218 g/mol. The van der Waals surface area contributed by atoms with Crippen molar-refractivity contribution < 1.29 is 29.2 Å². The van der Waals surface area contributed by atoms with Gasteiger partial charge in [-0.15, -0.1) is 0 Å². The molecule has 0 radical (unpaired) electrons. The first-order valence-corrected chi connectivity index (χ1v) is 4.97. The lowest BCUT2D eigenvalue weighted by molar-refractivity contribution is -0.166. The van der Waals surface area contributed by atoms with Gasteiger partial charge in [-0.3, -0.25) is 0 Å². The maximum atomic E-state index is 10.6. The maximum Gasteiger partial charge on any atom is 0.335 e. The summed E-state index contributed by atoms with van der Waals surface area (Å²) in [5.41, 5.74) is 0. The average Bonchev–Trinajstić information content (AvgIpc) is 2.86. The number of rotatable bonds is 3. The number of aliphatic hydroxyl groups is 1. The fraction of sp³-hybridized carbons (Fsp3) is 0.889. The van der Waals surface area contributed by atoms with Gasteiger partial charge in [-0.2, -0.15) is 0 Å². The molecule has 0 aliphatic carbocycles. The van der Waals surface area contributed by atoms with Crippen molar-refractivity contribution >= 4 is 5.97 Å². The Balaban J connectivity index is 1.84. The van der Waals surface area contributed by atoms with E-state index in [0.29, 0.717) is 0 Å². The van der Waals surface area contributed by atoms with Gasteiger partial charge in [0.2, 0.25) is 0 Å². The lowest BCUT2D eigenvalue weighted by Gasteiger charge is -2.17. The van der Waals surface area contributed by atoms with E-state index in [-0.39, 0.29) is 25.4 Å². The standard InChI is InChI=1S/C9H14O6/c10-3-5-1-2-6(14-5)9-13-4-7(15-9)8(11)12/h5-7,9-10H,1-4H2,(H,11,12). The molecule has 0 aromatic heterocycles. The third-order valence-corrected chi connectivity index (χ3v) is 2.63. The number of hydrogen-bond donors (Lipinski definition) is 2. The third-order valence-electron chi connectivity index (χ3n) is 2.63. The zero-order chi connectivity index (χ0) is 10.8. The zero-order valence-electron chi connectivity index (χ0n) is 8.17. The summed E-state index contributed by atoms with van der Waals surface area (Å²) in [5.74, 6) is -1.02. The largest absolute Gasteiger partial charge is 0.479 e. The summed E-state index contributed by atoms with van der Waals surface area (Å²) in [6.07, 6.45) is -0.461. The molecule has 2 aliphatic heterocycles.